The average molecular weight is 615 g/mol. The molecule has 0 aliphatic carbocycles. The molecule has 0 aliphatic rings. The molecule has 0 saturated heterocycles. The Morgan fingerprint density at radius 2 is 1.56 bits per heavy atom. The Kier molecular flexibility index (Phi) is 9.96. The number of carbonyl (C=O) groups excluding carboxylic acids is 2. The molecule has 0 unspecified atom stereocenters. The minimum absolute atomic E-state index is 0.0864. The molecule has 0 heterocycles. The minimum atomic E-state index is -4.10. The summed E-state index contributed by atoms with van der Waals surface area (Å²) in [4.78, 5) is 28.5. The predicted octanol–water partition coefficient (Wildman–Crippen LogP) is 5.51. The van der Waals surface area contributed by atoms with Crippen LogP contribution in [-0.4, -0.2) is 43.8 Å². The maximum absolute atomic E-state index is 14.0. The molecule has 9 heteroatoms. The highest BCUT2D eigenvalue weighted by Crippen LogP contribution is 2.27. The molecular formula is C30H36BrN3O4S. The van der Waals surface area contributed by atoms with Crippen molar-refractivity contribution in [2.45, 2.75) is 65.1 Å². The number of benzene rings is 3. The lowest BCUT2D eigenvalue weighted by molar-refractivity contribution is -0.139. The first-order valence-electron chi connectivity index (χ1n) is 12.8. The Labute approximate surface area is 240 Å². The molecule has 0 bridgehead atoms. The highest BCUT2D eigenvalue weighted by molar-refractivity contribution is 9.10. The largest absolute Gasteiger partial charge is 0.352 e. The summed E-state index contributed by atoms with van der Waals surface area (Å²) in [5, 5.41) is 2.86. The van der Waals surface area contributed by atoms with Crippen molar-refractivity contribution in [1.82, 2.24) is 10.2 Å². The van der Waals surface area contributed by atoms with Crippen LogP contribution in [0, 0.1) is 20.8 Å². The number of halogens is 1. The molecule has 0 spiro atoms. The number of hydrogen-bond donors (Lipinski definition) is 1. The Bertz CT molecular complexity index is 1440. The summed E-state index contributed by atoms with van der Waals surface area (Å²) in [7, 11) is -4.10. The van der Waals surface area contributed by atoms with Gasteiger partial charge in [0.1, 0.15) is 12.6 Å². The Morgan fingerprint density at radius 3 is 2.15 bits per heavy atom. The molecule has 7 nitrogen and oxygen atoms in total. The maximum atomic E-state index is 14.0. The van der Waals surface area contributed by atoms with Crippen molar-refractivity contribution in [2.75, 3.05) is 10.8 Å². The first-order chi connectivity index (χ1) is 18.3. The molecule has 0 aromatic heterocycles. The van der Waals surface area contributed by atoms with E-state index in [1.165, 1.54) is 4.90 Å². The molecule has 1 atom stereocenters. The van der Waals surface area contributed by atoms with Gasteiger partial charge in [0.25, 0.3) is 10.0 Å². The molecule has 0 radical (unpaired) electrons. The minimum Gasteiger partial charge on any atom is -0.352 e. The number of amides is 2. The highest BCUT2D eigenvalue weighted by atomic mass is 79.9. The van der Waals surface area contributed by atoms with Crippen LogP contribution in [0.15, 0.2) is 76.1 Å². The lowest BCUT2D eigenvalue weighted by Gasteiger charge is -2.32. The van der Waals surface area contributed by atoms with Gasteiger partial charge in [0.05, 0.1) is 10.6 Å². The van der Waals surface area contributed by atoms with Gasteiger partial charge in [-0.05, 0) is 94.6 Å². The number of nitrogens with one attached hydrogen (secondary N) is 1. The summed E-state index contributed by atoms with van der Waals surface area (Å²) in [6.07, 6.45) is 0. The predicted molar refractivity (Wildman–Crippen MR) is 159 cm³/mol. The van der Waals surface area contributed by atoms with Gasteiger partial charge in [0.2, 0.25) is 11.8 Å². The molecule has 3 aromatic carbocycles. The molecule has 0 saturated carbocycles. The topological polar surface area (TPSA) is 86.8 Å². The van der Waals surface area contributed by atoms with E-state index in [-0.39, 0.29) is 23.4 Å². The van der Waals surface area contributed by atoms with E-state index in [4.69, 9.17) is 0 Å². The van der Waals surface area contributed by atoms with Crippen LogP contribution in [0.1, 0.15) is 43.0 Å². The standard InChI is InChI=1S/C30H36BrN3O4S/c1-20(2)32-30(36)24(6)33(18-25-8-7-9-26(31)17-25)29(35)19-34(27-13-12-22(4)23(5)16-27)39(37,38)28-14-10-21(3)11-15-28/h7-17,20,24H,18-19H2,1-6H3,(H,32,36)/t24-/m1/s1. The molecule has 3 aromatic rings. The maximum Gasteiger partial charge on any atom is 0.264 e. The Morgan fingerprint density at radius 1 is 0.897 bits per heavy atom. The van der Waals surface area contributed by atoms with Crippen LogP contribution < -0.4 is 9.62 Å². The van der Waals surface area contributed by atoms with E-state index in [9.17, 15) is 18.0 Å². The number of anilines is 1. The van der Waals surface area contributed by atoms with Crippen LogP contribution in [0.25, 0.3) is 0 Å². The van der Waals surface area contributed by atoms with E-state index in [0.29, 0.717) is 5.69 Å². The molecule has 0 aliphatic heterocycles. The fourth-order valence-corrected chi connectivity index (χ4v) is 5.92. The van der Waals surface area contributed by atoms with Crippen molar-refractivity contribution in [3.63, 3.8) is 0 Å². The second-order valence-electron chi connectivity index (χ2n) is 10.1. The molecule has 39 heavy (non-hydrogen) atoms. The van der Waals surface area contributed by atoms with Crippen LogP contribution in [0.5, 0.6) is 0 Å². The van der Waals surface area contributed by atoms with Crippen LogP contribution in [0.2, 0.25) is 0 Å². The van der Waals surface area contributed by atoms with E-state index in [2.05, 4.69) is 21.2 Å². The third-order valence-corrected chi connectivity index (χ3v) is 8.79. The number of aryl methyl sites for hydroxylation is 3. The van der Waals surface area contributed by atoms with E-state index >= 15 is 0 Å². The summed E-state index contributed by atoms with van der Waals surface area (Å²) in [6.45, 7) is 10.7. The fraction of sp³-hybridized carbons (Fsp3) is 0.333. The lowest BCUT2D eigenvalue weighted by atomic mass is 10.1. The smallest absolute Gasteiger partial charge is 0.264 e. The quantitative estimate of drug-likeness (QED) is 0.326. The van der Waals surface area contributed by atoms with Crippen molar-refractivity contribution >= 4 is 43.5 Å². The van der Waals surface area contributed by atoms with Crippen molar-refractivity contribution in [3.05, 3.63) is 93.5 Å². The van der Waals surface area contributed by atoms with Gasteiger partial charge in [-0.1, -0.05) is 51.8 Å². The van der Waals surface area contributed by atoms with Crippen molar-refractivity contribution in [3.8, 4) is 0 Å². The number of nitrogens with zero attached hydrogens (tertiary/aromatic N) is 2. The molecule has 2 amide bonds. The van der Waals surface area contributed by atoms with E-state index in [0.717, 1.165) is 31.0 Å². The fourth-order valence-electron chi connectivity index (χ4n) is 4.07. The van der Waals surface area contributed by atoms with E-state index < -0.39 is 28.5 Å². The summed E-state index contributed by atoms with van der Waals surface area (Å²) < 4.78 is 29.8. The highest BCUT2D eigenvalue weighted by Gasteiger charge is 2.32. The molecule has 3 rings (SSSR count). The van der Waals surface area contributed by atoms with Gasteiger partial charge >= 0.3 is 0 Å². The summed E-state index contributed by atoms with van der Waals surface area (Å²) in [5.74, 6) is -0.803. The first kappa shape index (κ1) is 30.4. The van der Waals surface area contributed by atoms with Gasteiger partial charge in [-0.15, -0.1) is 0 Å². The molecule has 1 N–H and O–H groups in total. The molecule has 0 fully saturated rings. The number of sulfonamides is 1. The molecular weight excluding hydrogens is 578 g/mol. The van der Waals surface area contributed by atoms with Crippen molar-refractivity contribution < 1.29 is 18.0 Å². The van der Waals surface area contributed by atoms with Gasteiger partial charge in [-0.3, -0.25) is 13.9 Å². The lowest BCUT2D eigenvalue weighted by Crippen LogP contribution is -2.52. The van der Waals surface area contributed by atoms with Gasteiger partial charge < -0.3 is 10.2 Å². The number of rotatable bonds is 10. The second-order valence-corrected chi connectivity index (χ2v) is 12.9. The monoisotopic (exact) mass is 613 g/mol. The van der Waals surface area contributed by atoms with E-state index in [1.807, 2.05) is 65.0 Å². The van der Waals surface area contributed by atoms with Gasteiger partial charge in [-0.2, -0.15) is 0 Å². The second kappa shape index (κ2) is 12.8. The third-order valence-electron chi connectivity index (χ3n) is 6.51. The van der Waals surface area contributed by atoms with Crippen molar-refractivity contribution in [1.29, 1.82) is 0 Å². The SMILES string of the molecule is Cc1ccc(S(=O)(=O)N(CC(=O)N(Cc2cccc(Br)c2)[C@H](C)C(=O)NC(C)C)c2ccc(C)c(C)c2)cc1. The number of hydrogen-bond acceptors (Lipinski definition) is 4. The zero-order valence-electron chi connectivity index (χ0n) is 23.2. The Hall–Kier alpha value is -3.17. The van der Waals surface area contributed by atoms with Gasteiger partial charge in [-0.25, -0.2) is 8.42 Å². The van der Waals surface area contributed by atoms with Gasteiger partial charge in [0.15, 0.2) is 0 Å². The zero-order chi connectivity index (χ0) is 28.9. The normalized spacial score (nSPS) is 12.2. The van der Waals surface area contributed by atoms with E-state index in [1.54, 1.807) is 43.3 Å². The average Bonchev–Trinajstić information content (AvgIpc) is 2.87. The van der Waals surface area contributed by atoms with Crippen LogP contribution in [0.3, 0.4) is 0 Å². The van der Waals surface area contributed by atoms with Gasteiger partial charge in [0, 0.05) is 17.1 Å². The summed E-state index contributed by atoms with van der Waals surface area (Å²) in [5.41, 5.74) is 4.02. The number of carbonyl (C=O) groups is 2. The molecule has 208 valence electrons. The third kappa shape index (κ3) is 7.70. The summed E-state index contributed by atoms with van der Waals surface area (Å²) >= 11 is 3.46. The zero-order valence-corrected chi connectivity index (χ0v) is 25.6. The van der Waals surface area contributed by atoms with Crippen LogP contribution in [0.4, 0.5) is 5.69 Å². The van der Waals surface area contributed by atoms with Crippen molar-refractivity contribution in [2.24, 2.45) is 0 Å². The summed E-state index contributed by atoms with van der Waals surface area (Å²) in [6, 6.07) is 18.4. The van der Waals surface area contributed by atoms with Crippen LogP contribution in [-0.2, 0) is 26.2 Å². The Balaban J connectivity index is 2.06. The van der Waals surface area contributed by atoms with Crippen LogP contribution >= 0.6 is 15.9 Å². The first-order valence-corrected chi connectivity index (χ1v) is 15.0.